The van der Waals surface area contributed by atoms with Crippen molar-refractivity contribution in [3.63, 3.8) is 0 Å². The Morgan fingerprint density at radius 2 is 2.04 bits per heavy atom. The predicted molar refractivity (Wildman–Crippen MR) is 87.7 cm³/mol. The highest BCUT2D eigenvalue weighted by Crippen LogP contribution is 2.26. The number of aryl methyl sites for hydroxylation is 1. The largest absolute Gasteiger partial charge is 0.481 e. The van der Waals surface area contributed by atoms with Crippen LogP contribution in [0.25, 0.3) is 22.6 Å². The van der Waals surface area contributed by atoms with Crippen LogP contribution in [-0.2, 0) is 6.54 Å². The lowest BCUT2D eigenvalue weighted by Crippen LogP contribution is -2.03. The van der Waals surface area contributed by atoms with Crippen LogP contribution in [-0.4, -0.2) is 32.0 Å². The van der Waals surface area contributed by atoms with Gasteiger partial charge in [-0.1, -0.05) is 17.3 Å². The standard InChI is InChI=1S/C17H15N5O2/c1-11-16(21-24-20-11)17-19-13-5-3-4-6-14(13)22(17)10-12-7-8-18-15(9-12)23-2/h3-9H,10H2,1-2H3. The Balaban J connectivity index is 1.88. The summed E-state index contributed by atoms with van der Waals surface area (Å²) in [4.78, 5) is 8.86. The number of methoxy groups -OCH3 is 1. The topological polar surface area (TPSA) is 78.9 Å². The van der Waals surface area contributed by atoms with E-state index < -0.39 is 0 Å². The predicted octanol–water partition coefficient (Wildman–Crippen LogP) is 2.85. The molecule has 4 aromatic rings. The fraction of sp³-hybridized carbons (Fsp3) is 0.176. The molecule has 120 valence electrons. The fourth-order valence-electron chi connectivity index (χ4n) is 2.69. The lowest BCUT2D eigenvalue weighted by atomic mass is 10.2. The highest BCUT2D eigenvalue weighted by atomic mass is 16.6. The van der Waals surface area contributed by atoms with Gasteiger partial charge < -0.3 is 9.30 Å². The molecule has 7 nitrogen and oxygen atoms in total. The zero-order valence-electron chi connectivity index (χ0n) is 13.3. The second-order valence-corrected chi connectivity index (χ2v) is 5.41. The average molecular weight is 321 g/mol. The SMILES string of the molecule is COc1cc(Cn2c(-c3nonc3C)nc3ccccc32)ccn1. The molecule has 24 heavy (non-hydrogen) atoms. The minimum Gasteiger partial charge on any atom is -0.481 e. The third-order valence-electron chi connectivity index (χ3n) is 3.87. The highest BCUT2D eigenvalue weighted by Gasteiger charge is 2.18. The first-order valence-electron chi connectivity index (χ1n) is 7.50. The van der Waals surface area contributed by atoms with E-state index in [1.165, 1.54) is 0 Å². The number of para-hydroxylation sites is 2. The van der Waals surface area contributed by atoms with Crippen LogP contribution in [0.2, 0.25) is 0 Å². The van der Waals surface area contributed by atoms with Gasteiger partial charge in [0.2, 0.25) is 5.88 Å². The average Bonchev–Trinajstić information content (AvgIpc) is 3.19. The maximum atomic E-state index is 5.21. The lowest BCUT2D eigenvalue weighted by Gasteiger charge is -2.09. The highest BCUT2D eigenvalue weighted by molar-refractivity contribution is 5.80. The molecule has 7 heteroatoms. The first kappa shape index (κ1) is 14.4. The van der Waals surface area contributed by atoms with Crippen LogP contribution in [0.5, 0.6) is 5.88 Å². The molecule has 0 atom stereocenters. The molecule has 3 heterocycles. The van der Waals surface area contributed by atoms with Crippen LogP contribution >= 0.6 is 0 Å². The molecule has 0 radical (unpaired) electrons. The molecule has 0 aliphatic carbocycles. The van der Waals surface area contributed by atoms with Gasteiger partial charge in [0.05, 0.1) is 18.1 Å². The van der Waals surface area contributed by atoms with Crippen molar-refractivity contribution in [2.75, 3.05) is 7.11 Å². The molecule has 0 fully saturated rings. The Kier molecular flexibility index (Phi) is 3.45. The molecule has 4 rings (SSSR count). The quantitative estimate of drug-likeness (QED) is 0.575. The first-order chi connectivity index (χ1) is 11.8. The summed E-state index contributed by atoms with van der Waals surface area (Å²) in [5.41, 5.74) is 4.33. The Hall–Kier alpha value is -3.22. The van der Waals surface area contributed by atoms with Gasteiger partial charge in [0.1, 0.15) is 5.69 Å². The molecule has 0 saturated heterocycles. The number of fused-ring (bicyclic) bond motifs is 1. The zero-order chi connectivity index (χ0) is 16.5. The molecule has 0 bridgehead atoms. The third kappa shape index (κ3) is 2.40. The van der Waals surface area contributed by atoms with E-state index in [0.717, 1.165) is 22.4 Å². The van der Waals surface area contributed by atoms with Gasteiger partial charge in [-0.05, 0) is 35.8 Å². The van der Waals surface area contributed by atoms with Crippen molar-refractivity contribution in [2.45, 2.75) is 13.5 Å². The van der Waals surface area contributed by atoms with Crippen LogP contribution in [0.1, 0.15) is 11.3 Å². The van der Waals surface area contributed by atoms with Crippen molar-refractivity contribution < 1.29 is 9.37 Å². The van der Waals surface area contributed by atoms with Gasteiger partial charge in [-0.3, -0.25) is 0 Å². The van der Waals surface area contributed by atoms with Crippen LogP contribution < -0.4 is 4.74 Å². The number of rotatable bonds is 4. The molecular weight excluding hydrogens is 306 g/mol. The maximum Gasteiger partial charge on any atom is 0.213 e. The zero-order valence-corrected chi connectivity index (χ0v) is 13.3. The summed E-state index contributed by atoms with van der Waals surface area (Å²) in [7, 11) is 1.61. The molecule has 0 N–H and O–H groups in total. The van der Waals surface area contributed by atoms with Gasteiger partial charge in [0.15, 0.2) is 11.5 Å². The number of hydrogen-bond acceptors (Lipinski definition) is 6. The van der Waals surface area contributed by atoms with E-state index in [0.29, 0.717) is 23.8 Å². The summed E-state index contributed by atoms with van der Waals surface area (Å²) in [6.45, 7) is 2.46. The minimum atomic E-state index is 0.581. The lowest BCUT2D eigenvalue weighted by molar-refractivity contribution is 0.305. The molecular formula is C17H15N5O2. The first-order valence-corrected chi connectivity index (χ1v) is 7.50. The maximum absolute atomic E-state index is 5.21. The number of aromatic nitrogens is 5. The summed E-state index contributed by atoms with van der Waals surface area (Å²) in [6.07, 6.45) is 1.73. The molecule has 0 spiro atoms. The molecule has 0 saturated carbocycles. The minimum absolute atomic E-state index is 0.581. The number of ether oxygens (including phenoxy) is 1. The van der Waals surface area contributed by atoms with Crippen LogP contribution in [0.15, 0.2) is 47.2 Å². The van der Waals surface area contributed by atoms with E-state index >= 15 is 0 Å². The van der Waals surface area contributed by atoms with Gasteiger partial charge in [-0.15, -0.1) is 0 Å². The molecule has 3 aromatic heterocycles. The monoisotopic (exact) mass is 321 g/mol. The Labute approximate surface area is 137 Å². The second-order valence-electron chi connectivity index (χ2n) is 5.41. The summed E-state index contributed by atoms with van der Waals surface area (Å²) < 4.78 is 12.2. The van der Waals surface area contributed by atoms with Crippen molar-refractivity contribution in [2.24, 2.45) is 0 Å². The molecule has 0 aliphatic heterocycles. The smallest absolute Gasteiger partial charge is 0.213 e. The molecule has 0 unspecified atom stereocenters. The number of imidazole rings is 1. The van der Waals surface area contributed by atoms with Gasteiger partial charge >= 0.3 is 0 Å². The van der Waals surface area contributed by atoms with E-state index in [1.807, 2.05) is 43.3 Å². The number of benzene rings is 1. The van der Waals surface area contributed by atoms with E-state index in [2.05, 4.69) is 19.9 Å². The Morgan fingerprint density at radius 1 is 1.17 bits per heavy atom. The normalized spacial score (nSPS) is 11.1. The van der Waals surface area contributed by atoms with Crippen LogP contribution in [0, 0.1) is 6.92 Å². The van der Waals surface area contributed by atoms with Gasteiger partial charge in [0, 0.05) is 18.8 Å². The van der Waals surface area contributed by atoms with Crippen LogP contribution in [0.3, 0.4) is 0 Å². The molecule has 0 amide bonds. The van der Waals surface area contributed by atoms with Crippen molar-refractivity contribution >= 4 is 11.0 Å². The second kappa shape index (κ2) is 5.77. The fourth-order valence-corrected chi connectivity index (χ4v) is 2.69. The van der Waals surface area contributed by atoms with Gasteiger partial charge in [0.25, 0.3) is 0 Å². The third-order valence-corrected chi connectivity index (χ3v) is 3.87. The molecule has 1 aromatic carbocycles. The van der Waals surface area contributed by atoms with Crippen molar-refractivity contribution in [3.8, 4) is 17.4 Å². The molecule has 0 aliphatic rings. The van der Waals surface area contributed by atoms with E-state index in [-0.39, 0.29) is 0 Å². The van der Waals surface area contributed by atoms with Gasteiger partial charge in [-0.2, -0.15) is 0 Å². The van der Waals surface area contributed by atoms with Gasteiger partial charge in [-0.25, -0.2) is 14.6 Å². The Bertz CT molecular complexity index is 1010. The number of pyridine rings is 1. The van der Waals surface area contributed by atoms with E-state index in [9.17, 15) is 0 Å². The van der Waals surface area contributed by atoms with E-state index in [1.54, 1.807) is 13.3 Å². The van der Waals surface area contributed by atoms with Crippen LogP contribution in [0.4, 0.5) is 0 Å². The number of hydrogen-bond donors (Lipinski definition) is 0. The summed E-state index contributed by atoms with van der Waals surface area (Å²) >= 11 is 0. The summed E-state index contributed by atoms with van der Waals surface area (Å²) in [6, 6.07) is 11.8. The van der Waals surface area contributed by atoms with E-state index in [4.69, 9.17) is 14.3 Å². The summed E-state index contributed by atoms with van der Waals surface area (Å²) in [5, 5.41) is 7.88. The van der Waals surface area contributed by atoms with Crippen molar-refractivity contribution in [1.29, 1.82) is 0 Å². The van der Waals surface area contributed by atoms with Crippen molar-refractivity contribution in [3.05, 3.63) is 53.9 Å². The number of nitrogens with zero attached hydrogens (tertiary/aromatic N) is 5. The van der Waals surface area contributed by atoms with Crippen molar-refractivity contribution in [1.82, 2.24) is 24.8 Å². The Morgan fingerprint density at radius 3 is 2.83 bits per heavy atom. The summed E-state index contributed by atoms with van der Waals surface area (Å²) in [5.74, 6) is 1.31.